The zero-order valence-corrected chi connectivity index (χ0v) is 23.8. The van der Waals surface area contributed by atoms with Crippen LogP contribution in [0.15, 0.2) is 41.3 Å². The zero-order chi connectivity index (χ0) is 26.6. The van der Waals surface area contributed by atoms with Gasteiger partial charge in [-0.3, -0.25) is 4.79 Å². The number of hydrogen-bond donors (Lipinski definition) is 1. The molecule has 2 aliphatic rings. The number of carbonyl (C=O) groups is 1. The number of sulfonamides is 1. The molecule has 2 aromatic rings. The van der Waals surface area contributed by atoms with Gasteiger partial charge in [0.25, 0.3) is 0 Å². The molecule has 0 bridgehead atoms. The first kappa shape index (κ1) is 28.5. The Hall–Kier alpha value is -1.55. The van der Waals surface area contributed by atoms with Gasteiger partial charge in [-0.25, -0.2) is 8.42 Å². The molecule has 0 aliphatic carbocycles. The van der Waals surface area contributed by atoms with Gasteiger partial charge in [-0.15, -0.1) is 0 Å². The third kappa shape index (κ3) is 7.11. The van der Waals surface area contributed by atoms with Gasteiger partial charge in [0.05, 0.1) is 16.7 Å². The maximum atomic E-state index is 13.3. The van der Waals surface area contributed by atoms with E-state index in [1.165, 1.54) is 35.0 Å². The Labute approximate surface area is 234 Å². The largest absolute Gasteiger partial charge is 0.372 e. The molecular weight excluding hydrogens is 557 g/mol. The van der Waals surface area contributed by atoms with E-state index in [0.717, 1.165) is 24.6 Å². The second kappa shape index (κ2) is 12.5. The van der Waals surface area contributed by atoms with Crippen LogP contribution in [-0.2, 0) is 26.1 Å². The van der Waals surface area contributed by atoms with Gasteiger partial charge in [0, 0.05) is 42.9 Å². The van der Waals surface area contributed by atoms with Crippen LogP contribution in [0.4, 0.5) is 5.69 Å². The highest BCUT2D eigenvalue weighted by Gasteiger charge is 2.38. The lowest BCUT2D eigenvalue weighted by molar-refractivity contribution is -0.126. The first-order valence-corrected chi connectivity index (χ1v) is 15.1. The van der Waals surface area contributed by atoms with Gasteiger partial charge in [-0.2, -0.15) is 4.31 Å². The van der Waals surface area contributed by atoms with Gasteiger partial charge >= 0.3 is 0 Å². The third-order valence-corrected chi connectivity index (χ3v) is 10.1. The number of anilines is 1. The first-order valence-electron chi connectivity index (χ1n) is 12.5. The summed E-state index contributed by atoms with van der Waals surface area (Å²) in [5.41, 5.74) is 2.22. The summed E-state index contributed by atoms with van der Waals surface area (Å²) in [7, 11) is -3.95. The Balaban J connectivity index is 1.25. The molecule has 4 rings (SSSR count). The van der Waals surface area contributed by atoms with Gasteiger partial charge in [0.1, 0.15) is 11.5 Å². The number of nitrogens with one attached hydrogen (secondary N) is 1. The lowest BCUT2D eigenvalue weighted by Gasteiger charge is -2.32. The molecule has 11 heteroatoms. The molecule has 2 heterocycles. The summed E-state index contributed by atoms with van der Waals surface area (Å²) in [4.78, 5) is 14.6. The molecule has 1 unspecified atom stereocenters. The molecule has 1 N–H and O–H groups in total. The summed E-state index contributed by atoms with van der Waals surface area (Å²) < 4.78 is 33.5. The molecule has 0 radical (unpaired) electrons. The van der Waals surface area contributed by atoms with Crippen LogP contribution < -0.4 is 10.2 Å². The van der Waals surface area contributed by atoms with Crippen LogP contribution in [0.3, 0.4) is 0 Å². The van der Waals surface area contributed by atoms with Crippen molar-refractivity contribution < 1.29 is 17.9 Å². The summed E-state index contributed by atoms with van der Waals surface area (Å²) in [6.45, 7) is 5.12. The van der Waals surface area contributed by atoms with Crippen molar-refractivity contribution in [3.8, 4) is 0 Å². The van der Waals surface area contributed by atoms with Gasteiger partial charge in [-0.05, 0) is 61.4 Å². The summed E-state index contributed by atoms with van der Waals surface area (Å²) in [5.74, 6) is 0.528. The van der Waals surface area contributed by atoms with Crippen LogP contribution in [0.5, 0.6) is 0 Å². The Morgan fingerprint density at radius 1 is 1.03 bits per heavy atom. The SMILES string of the molecule is CC1CCN(c2ccc(CNC(=O)COCC3CCCN3S(=O)(=O)c3c(Cl)cc(Cl)cc3Cl)cc2)CC1. The number of piperidine rings is 1. The van der Waals surface area contributed by atoms with Crippen molar-refractivity contribution in [3.05, 3.63) is 57.0 Å². The number of amides is 1. The van der Waals surface area contributed by atoms with E-state index in [4.69, 9.17) is 39.5 Å². The van der Waals surface area contributed by atoms with E-state index >= 15 is 0 Å². The quantitative estimate of drug-likeness (QED) is 0.426. The number of benzene rings is 2. The molecule has 37 heavy (non-hydrogen) atoms. The maximum absolute atomic E-state index is 13.3. The minimum atomic E-state index is -3.95. The fraction of sp³-hybridized carbons (Fsp3) is 0.500. The zero-order valence-electron chi connectivity index (χ0n) is 20.8. The number of rotatable bonds is 9. The van der Waals surface area contributed by atoms with Crippen LogP contribution in [0.25, 0.3) is 0 Å². The molecule has 2 aliphatic heterocycles. The van der Waals surface area contributed by atoms with Crippen LogP contribution >= 0.6 is 34.8 Å². The Kier molecular flexibility index (Phi) is 9.64. The number of ether oxygens (including phenoxy) is 1. The predicted molar refractivity (Wildman–Crippen MR) is 148 cm³/mol. The molecule has 1 atom stereocenters. The fourth-order valence-corrected chi connectivity index (χ4v) is 7.99. The highest BCUT2D eigenvalue weighted by atomic mass is 35.5. The standard InChI is InChI=1S/C26H32Cl3N3O4S/c1-18-8-11-31(12-9-18)21-6-4-19(5-7-21)15-30-25(33)17-36-16-22-3-2-10-32(22)37(34,35)26-23(28)13-20(27)14-24(26)29/h4-7,13-14,18,22H,2-3,8-12,15-17H2,1H3,(H,30,33). The van der Waals surface area contributed by atoms with Crippen molar-refractivity contribution in [2.45, 2.75) is 50.1 Å². The molecule has 7 nitrogen and oxygen atoms in total. The van der Waals surface area contributed by atoms with Crippen molar-refractivity contribution >= 4 is 56.4 Å². The van der Waals surface area contributed by atoms with Crippen molar-refractivity contribution in [1.29, 1.82) is 0 Å². The average molecular weight is 589 g/mol. The molecule has 2 fully saturated rings. The van der Waals surface area contributed by atoms with Gasteiger partial charge in [-0.1, -0.05) is 53.9 Å². The Bertz CT molecular complexity index is 1180. The van der Waals surface area contributed by atoms with E-state index in [9.17, 15) is 13.2 Å². The van der Waals surface area contributed by atoms with E-state index in [1.54, 1.807) is 0 Å². The summed E-state index contributed by atoms with van der Waals surface area (Å²) in [5, 5.41) is 3.07. The molecule has 0 spiro atoms. The van der Waals surface area contributed by atoms with Crippen LogP contribution in [0.1, 0.15) is 38.2 Å². The molecular formula is C26H32Cl3N3O4S. The number of halogens is 3. The van der Waals surface area contributed by atoms with Gasteiger partial charge in [0.2, 0.25) is 15.9 Å². The topological polar surface area (TPSA) is 79.0 Å². The monoisotopic (exact) mass is 587 g/mol. The van der Waals surface area contributed by atoms with Crippen LogP contribution in [0, 0.1) is 5.92 Å². The lowest BCUT2D eigenvalue weighted by Crippen LogP contribution is -2.39. The molecule has 0 saturated carbocycles. The highest BCUT2D eigenvalue weighted by Crippen LogP contribution is 2.37. The number of hydrogen-bond acceptors (Lipinski definition) is 5. The first-order chi connectivity index (χ1) is 17.6. The number of nitrogens with zero attached hydrogens (tertiary/aromatic N) is 2. The van der Waals surface area contributed by atoms with Crippen molar-refractivity contribution in [2.75, 3.05) is 37.7 Å². The van der Waals surface area contributed by atoms with Crippen LogP contribution in [0.2, 0.25) is 15.1 Å². The minimum absolute atomic E-state index is 0.0259. The molecule has 202 valence electrons. The summed E-state index contributed by atoms with van der Waals surface area (Å²) >= 11 is 18.3. The second-order valence-electron chi connectivity index (χ2n) is 9.74. The lowest BCUT2D eigenvalue weighted by atomic mass is 9.99. The van der Waals surface area contributed by atoms with E-state index in [2.05, 4.69) is 29.3 Å². The fourth-order valence-electron chi connectivity index (χ4n) is 4.82. The Morgan fingerprint density at radius 2 is 1.68 bits per heavy atom. The molecule has 2 aromatic carbocycles. The molecule has 0 aromatic heterocycles. The predicted octanol–water partition coefficient (Wildman–Crippen LogP) is 5.37. The average Bonchev–Trinajstić information content (AvgIpc) is 3.32. The van der Waals surface area contributed by atoms with Crippen molar-refractivity contribution in [3.63, 3.8) is 0 Å². The molecule has 2 saturated heterocycles. The van der Waals surface area contributed by atoms with E-state index in [0.29, 0.717) is 25.9 Å². The van der Waals surface area contributed by atoms with Gasteiger partial charge < -0.3 is 15.0 Å². The smallest absolute Gasteiger partial charge is 0.246 e. The molecule has 1 amide bonds. The maximum Gasteiger partial charge on any atom is 0.246 e. The highest BCUT2D eigenvalue weighted by molar-refractivity contribution is 7.89. The normalized spacial score (nSPS) is 19.4. The number of carbonyl (C=O) groups excluding carboxylic acids is 1. The second-order valence-corrected chi connectivity index (χ2v) is 12.8. The minimum Gasteiger partial charge on any atom is -0.372 e. The van der Waals surface area contributed by atoms with Crippen molar-refractivity contribution in [2.24, 2.45) is 5.92 Å². The van der Waals surface area contributed by atoms with Crippen molar-refractivity contribution in [1.82, 2.24) is 9.62 Å². The van der Waals surface area contributed by atoms with E-state index in [-0.39, 0.29) is 39.1 Å². The summed E-state index contributed by atoms with van der Waals surface area (Å²) in [6.07, 6.45) is 3.72. The Morgan fingerprint density at radius 3 is 2.32 bits per heavy atom. The summed E-state index contributed by atoms with van der Waals surface area (Å²) in [6, 6.07) is 10.6. The van der Waals surface area contributed by atoms with E-state index in [1.807, 2.05) is 12.1 Å². The van der Waals surface area contributed by atoms with Crippen LogP contribution in [-0.4, -0.2) is 57.5 Å². The third-order valence-electron chi connectivity index (χ3n) is 6.97. The van der Waals surface area contributed by atoms with Gasteiger partial charge in [0.15, 0.2) is 0 Å². The van der Waals surface area contributed by atoms with E-state index < -0.39 is 16.1 Å².